The largest absolute Gasteiger partial charge is 0.393 e. The number of Topliss-reactive ketones (excluding diaryl/α,β-unsaturated/α-hetero) is 1. The molecule has 4 rings (SSSR count). The number of ketones is 1. The summed E-state index contributed by atoms with van der Waals surface area (Å²) in [5, 5.41) is 15.5. The Balaban J connectivity index is 1.82. The summed E-state index contributed by atoms with van der Waals surface area (Å²) in [5.74, 6) is -0.0328. The van der Waals surface area contributed by atoms with E-state index in [-0.39, 0.29) is 17.9 Å². The summed E-state index contributed by atoms with van der Waals surface area (Å²) in [5.41, 5.74) is 4.91. The molecule has 1 saturated carbocycles. The molecule has 0 amide bonds. The number of carbonyl (C=O) groups is 1. The average Bonchev–Trinajstić information content (AvgIpc) is 2.73. The standard InChI is InChI=1S/C24H24Cl2N2O2/c1-13-21(25)10-16(11-22(13)26)15-3-8-23-19(9-15)24(20(12-27-23)14(2)29)28-17-4-6-18(30)7-5-17/h3,8-12,17-18,30H,4-7H2,1-2H3,(H,27,28)/t17-,18-. The summed E-state index contributed by atoms with van der Waals surface area (Å²) in [6.07, 6.45) is 4.68. The Labute approximate surface area is 186 Å². The van der Waals surface area contributed by atoms with Gasteiger partial charge in [0.05, 0.1) is 22.9 Å². The van der Waals surface area contributed by atoms with Crippen LogP contribution in [0.15, 0.2) is 36.5 Å². The lowest BCUT2D eigenvalue weighted by Crippen LogP contribution is -2.29. The van der Waals surface area contributed by atoms with Gasteiger partial charge >= 0.3 is 0 Å². The number of fused-ring (bicyclic) bond motifs is 1. The number of nitrogens with one attached hydrogen (secondary N) is 1. The topological polar surface area (TPSA) is 62.2 Å². The van der Waals surface area contributed by atoms with Crippen LogP contribution in [0.5, 0.6) is 0 Å². The maximum absolute atomic E-state index is 12.3. The summed E-state index contributed by atoms with van der Waals surface area (Å²) < 4.78 is 0. The van der Waals surface area contributed by atoms with E-state index in [1.54, 1.807) is 13.1 Å². The number of aliphatic hydroxyl groups excluding tert-OH is 1. The molecule has 0 spiro atoms. The first kappa shape index (κ1) is 21.1. The van der Waals surface area contributed by atoms with Crippen molar-refractivity contribution in [3.63, 3.8) is 0 Å². The monoisotopic (exact) mass is 442 g/mol. The van der Waals surface area contributed by atoms with E-state index >= 15 is 0 Å². The molecule has 2 N–H and O–H groups in total. The van der Waals surface area contributed by atoms with Crippen molar-refractivity contribution in [3.8, 4) is 11.1 Å². The Hall–Kier alpha value is -2.14. The average molecular weight is 443 g/mol. The van der Waals surface area contributed by atoms with Crippen molar-refractivity contribution in [2.24, 2.45) is 0 Å². The minimum Gasteiger partial charge on any atom is -0.393 e. The molecule has 1 fully saturated rings. The van der Waals surface area contributed by atoms with Crippen molar-refractivity contribution in [2.75, 3.05) is 5.32 Å². The van der Waals surface area contributed by atoms with Crippen LogP contribution in [0.25, 0.3) is 22.0 Å². The molecule has 0 saturated heterocycles. The quantitative estimate of drug-likeness (QED) is 0.456. The fourth-order valence-corrected chi connectivity index (χ4v) is 4.52. The zero-order valence-electron chi connectivity index (χ0n) is 17.0. The minimum atomic E-state index is -0.229. The number of benzene rings is 2. The van der Waals surface area contributed by atoms with E-state index < -0.39 is 0 Å². The Morgan fingerprint density at radius 3 is 2.37 bits per heavy atom. The van der Waals surface area contributed by atoms with E-state index in [1.165, 1.54) is 0 Å². The lowest BCUT2D eigenvalue weighted by molar-refractivity contribution is 0.101. The van der Waals surface area contributed by atoms with Crippen LogP contribution in [0.2, 0.25) is 10.0 Å². The molecule has 156 valence electrons. The third-order valence-electron chi connectivity index (χ3n) is 5.91. The summed E-state index contributed by atoms with van der Waals surface area (Å²) in [7, 11) is 0. The van der Waals surface area contributed by atoms with Crippen molar-refractivity contribution < 1.29 is 9.90 Å². The molecule has 1 heterocycles. The van der Waals surface area contributed by atoms with Crippen LogP contribution >= 0.6 is 23.2 Å². The molecule has 4 nitrogen and oxygen atoms in total. The SMILES string of the molecule is CC(=O)c1cnc2ccc(-c3cc(Cl)c(C)c(Cl)c3)cc2c1N[C@H]1CC[C@H](O)CC1. The van der Waals surface area contributed by atoms with E-state index in [9.17, 15) is 9.90 Å². The number of nitrogens with zero attached hydrogens (tertiary/aromatic N) is 1. The molecule has 3 aromatic rings. The second-order valence-corrected chi connectivity index (χ2v) is 8.86. The first-order chi connectivity index (χ1) is 14.3. The second-order valence-electron chi connectivity index (χ2n) is 8.05. The Morgan fingerprint density at radius 2 is 1.73 bits per heavy atom. The van der Waals surface area contributed by atoms with Crippen LogP contribution in [0.3, 0.4) is 0 Å². The molecule has 30 heavy (non-hydrogen) atoms. The number of halogens is 2. The maximum Gasteiger partial charge on any atom is 0.163 e. The molecule has 0 aliphatic heterocycles. The van der Waals surface area contributed by atoms with E-state index in [0.717, 1.165) is 59.0 Å². The number of aromatic nitrogens is 1. The first-order valence-corrected chi connectivity index (χ1v) is 10.9. The molecule has 0 unspecified atom stereocenters. The summed E-state index contributed by atoms with van der Waals surface area (Å²) in [6, 6.07) is 9.99. The van der Waals surface area contributed by atoms with Gasteiger partial charge in [0, 0.05) is 27.7 Å². The van der Waals surface area contributed by atoms with Gasteiger partial charge in [-0.3, -0.25) is 9.78 Å². The summed E-state index contributed by atoms with van der Waals surface area (Å²) in [4.78, 5) is 16.8. The molecule has 1 aliphatic rings. The van der Waals surface area contributed by atoms with E-state index in [1.807, 2.05) is 37.3 Å². The van der Waals surface area contributed by atoms with Gasteiger partial charge in [-0.1, -0.05) is 29.3 Å². The third kappa shape index (κ3) is 4.18. The number of anilines is 1. The second kappa shape index (κ2) is 8.54. The normalized spacial score (nSPS) is 19.1. The third-order valence-corrected chi connectivity index (χ3v) is 6.69. The molecule has 0 atom stereocenters. The lowest BCUT2D eigenvalue weighted by Gasteiger charge is -2.28. The van der Waals surface area contributed by atoms with Gasteiger partial charge in [0.1, 0.15) is 0 Å². The number of hydrogen-bond donors (Lipinski definition) is 2. The van der Waals surface area contributed by atoms with Gasteiger partial charge in [0.25, 0.3) is 0 Å². The zero-order valence-corrected chi connectivity index (χ0v) is 18.5. The smallest absolute Gasteiger partial charge is 0.163 e. The van der Waals surface area contributed by atoms with Crippen molar-refractivity contribution in [2.45, 2.75) is 51.7 Å². The highest BCUT2D eigenvalue weighted by Gasteiger charge is 2.22. The number of rotatable bonds is 4. The van der Waals surface area contributed by atoms with Crippen molar-refractivity contribution in [1.82, 2.24) is 4.98 Å². The van der Waals surface area contributed by atoms with Gasteiger partial charge in [0.2, 0.25) is 0 Å². The van der Waals surface area contributed by atoms with Crippen molar-refractivity contribution in [3.05, 3.63) is 57.7 Å². The zero-order chi connectivity index (χ0) is 21.4. The van der Waals surface area contributed by atoms with Crippen LogP contribution in [-0.4, -0.2) is 28.0 Å². The fourth-order valence-electron chi connectivity index (χ4n) is 4.03. The highest BCUT2D eigenvalue weighted by Crippen LogP contribution is 2.35. The van der Waals surface area contributed by atoms with Gasteiger partial charge in [-0.25, -0.2) is 0 Å². The number of hydrogen-bond acceptors (Lipinski definition) is 4. The minimum absolute atomic E-state index is 0.0328. The van der Waals surface area contributed by atoms with Crippen LogP contribution < -0.4 is 5.32 Å². The number of carbonyl (C=O) groups excluding carboxylic acids is 1. The molecule has 0 radical (unpaired) electrons. The maximum atomic E-state index is 12.3. The molecular formula is C24H24Cl2N2O2. The Kier molecular flexibility index (Phi) is 6.01. The van der Waals surface area contributed by atoms with Gasteiger partial charge in [0.15, 0.2) is 5.78 Å². The van der Waals surface area contributed by atoms with Crippen molar-refractivity contribution in [1.29, 1.82) is 0 Å². The van der Waals surface area contributed by atoms with Gasteiger partial charge < -0.3 is 10.4 Å². The lowest BCUT2D eigenvalue weighted by atomic mass is 9.92. The van der Waals surface area contributed by atoms with Crippen LogP contribution in [0, 0.1) is 6.92 Å². The molecule has 0 bridgehead atoms. The predicted molar refractivity (Wildman–Crippen MR) is 124 cm³/mol. The molecule has 2 aromatic carbocycles. The van der Waals surface area contributed by atoms with E-state index in [0.29, 0.717) is 15.6 Å². The van der Waals surface area contributed by atoms with Gasteiger partial charge in [-0.05, 0) is 80.5 Å². The number of pyridine rings is 1. The van der Waals surface area contributed by atoms with Gasteiger partial charge in [-0.2, -0.15) is 0 Å². The molecular weight excluding hydrogens is 419 g/mol. The highest BCUT2D eigenvalue weighted by molar-refractivity contribution is 6.36. The Morgan fingerprint density at radius 1 is 1.07 bits per heavy atom. The molecule has 1 aromatic heterocycles. The van der Waals surface area contributed by atoms with Crippen LogP contribution in [0.4, 0.5) is 5.69 Å². The fraction of sp³-hybridized carbons (Fsp3) is 0.333. The van der Waals surface area contributed by atoms with E-state index in [2.05, 4.69) is 10.3 Å². The van der Waals surface area contributed by atoms with Crippen molar-refractivity contribution >= 4 is 45.6 Å². The van der Waals surface area contributed by atoms with E-state index in [4.69, 9.17) is 23.2 Å². The molecule has 1 aliphatic carbocycles. The van der Waals surface area contributed by atoms with Gasteiger partial charge in [-0.15, -0.1) is 0 Å². The Bertz CT molecular complexity index is 1100. The highest BCUT2D eigenvalue weighted by atomic mass is 35.5. The van der Waals surface area contributed by atoms with Crippen LogP contribution in [-0.2, 0) is 0 Å². The van der Waals surface area contributed by atoms with Crippen LogP contribution in [0.1, 0.15) is 48.5 Å². The first-order valence-electron chi connectivity index (χ1n) is 10.2. The molecule has 6 heteroatoms. The number of aliphatic hydroxyl groups is 1. The predicted octanol–water partition coefficient (Wildman–Crippen LogP) is 6.44. The summed E-state index contributed by atoms with van der Waals surface area (Å²) >= 11 is 12.7. The summed E-state index contributed by atoms with van der Waals surface area (Å²) in [6.45, 7) is 3.45.